The van der Waals surface area contributed by atoms with Crippen molar-refractivity contribution in [3.05, 3.63) is 83.6 Å². The number of carboxylic acid groups (broad SMARTS) is 1. The van der Waals surface area contributed by atoms with Crippen molar-refractivity contribution in [1.82, 2.24) is 4.57 Å². The second-order valence-electron chi connectivity index (χ2n) is 6.04. The van der Waals surface area contributed by atoms with Crippen LogP contribution < -0.4 is 0 Å². The fraction of sp³-hybridized carbons (Fsp3) is 0.0476. The molecule has 0 amide bonds. The number of hydrogen-bond donors (Lipinski definition) is 1. The van der Waals surface area contributed by atoms with E-state index in [1.165, 1.54) is 12.2 Å². The molecule has 1 aromatic heterocycles. The lowest BCUT2D eigenvalue weighted by Crippen LogP contribution is -2.15. The monoisotopic (exact) mass is 363 g/mol. The van der Waals surface area contributed by atoms with Crippen molar-refractivity contribution in [1.29, 1.82) is 0 Å². The molecule has 0 saturated carbocycles. The summed E-state index contributed by atoms with van der Waals surface area (Å²) in [5, 5.41) is 11.8. The van der Waals surface area contributed by atoms with Gasteiger partial charge in [0.15, 0.2) is 5.78 Å². The third-order valence-electron chi connectivity index (χ3n) is 4.44. The molecule has 0 bridgehead atoms. The van der Waals surface area contributed by atoms with Gasteiger partial charge in [0, 0.05) is 15.8 Å². The highest BCUT2D eigenvalue weighted by atomic mass is 35.5. The van der Waals surface area contributed by atoms with E-state index in [1.807, 2.05) is 30.3 Å². The van der Waals surface area contributed by atoms with Crippen LogP contribution in [0.3, 0.4) is 0 Å². The van der Waals surface area contributed by atoms with Gasteiger partial charge in [-0.2, -0.15) is 0 Å². The van der Waals surface area contributed by atoms with Crippen molar-refractivity contribution >= 4 is 34.1 Å². The van der Waals surface area contributed by atoms with Gasteiger partial charge in [0.1, 0.15) is 5.69 Å². The smallest absolute Gasteiger partial charge is 0.353 e. The Labute approximate surface area is 154 Å². The van der Waals surface area contributed by atoms with Crippen molar-refractivity contribution in [2.75, 3.05) is 0 Å². The van der Waals surface area contributed by atoms with Crippen LogP contribution in [0.5, 0.6) is 0 Å². The summed E-state index contributed by atoms with van der Waals surface area (Å²) in [6.45, 7) is 0. The van der Waals surface area contributed by atoms with Crippen LogP contribution >= 0.6 is 11.6 Å². The van der Waals surface area contributed by atoms with E-state index in [1.54, 1.807) is 34.9 Å². The van der Waals surface area contributed by atoms with Crippen molar-refractivity contribution in [2.45, 2.75) is 6.04 Å². The van der Waals surface area contributed by atoms with E-state index in [0.29, 0.717) is 10.4 Å². The Morgan fingerprint density at radius 2 is 1.69 bits per heavy atom. The Morgan fingerprint density at radius 3 is 2.35 bits per heavy atom. The number of carbonyl (C=O) groups is 2. The molecular weight excluding hydrogens is 350 g/mol. The number of ketones is 1. The molecule has 128 valence electrons. The fourth-order valence-electron chi connectivity index (χ4n) is 3.38. The second kappa shape index (κ2) is 6.32. The van der Waals surface area contributed by atoms with E-state index in [9.17, 15) is 14.7 Å². The molecule has 0 saturated heterocycles. The summed E-state index contributed by atoms with van der Waals surface area (Å²) in [7, 11) is 0. The number of allylic oxidation sites excluding steroid dienone is 4. The molecule has 0 spiro atoms. The Morgan fingerprint density at radius 1 is 1.00 bits per heavy atom. The maximum atomic E-state index is 12.1. The molecule has 3 aromatic rings. The van der Waals surface area contributed by atoms with Crippen LogP contribution in [0, 0.1) is 0 Å². The van der Waals surface area contributed by atoms with Gasteiger partial charge in [-0.05, 0) is 29.8 Å². The van der Waals surface area contributed by atoms with E-state index >= 15 is 0 Å². The van der Waals surface area contributed by atoms with Crippen molar-refractivity contribution in [3.8, 4) is 11.3 Å². The number of carbonyl (C=O) groups excluding carboxylic acids is 1. The molecule has 2 aromatic carbocycles. The van der Waals surface area contributed by atoms with Gasteiger partial charge in [0.05, 0.1) is 11.7 Å². The molecule has 1 heterocycles. The first-order valence-electron chi connectivity index (χ1n) is 8.09. The summed E-state index contributed by atoms with van der Waals surface area (Å²) in [4.78, 5) is 23.6. The first kappa shape index (κ1) is 16.4. The summed E-state index contributed by atoms with van der Waals surface area (Å²) < 4.78 is 1.75. The number of benzene rings is 2. The first-order valence-corrected chi connectivity index (χ1v) is 8.46. The average Bonchev–Trinajstić information content (AvgIpc) is 2.97. The van der Waals surface area contributed by atoms with Gasteiger partial charge < -0.3 is 9.67 Å². The van der Waals surface area contributed by atoms with Gasteiger partial charge in [-0.15, -0.1) is 0 Å². The summed E-state index contributed by atoms with van der Waals surface area (Å²) in [6.07, 6.45) is 6.34. The number of fused-ring (bicyclic) bond motifs is 1. The standard InChI is InChI=1S/C21H14ClNO3/c22-14-6-11-17-18(12-14)19(13-4-2-1-3-5-13)23(20(17)21(25)26)15-7-9-16(24)10-8-15/h1-12,15H,(H,25,26). The molecule has 4 rings (SSSR count). The topological polar surface area (TPSA) is 59.3 Å². The minimum Gasteiger partial charge on any atom is -0.477 e. The van der Waals surface area contributed by atoms with Gasteiger partial charge in [0.25, 0.3) is 0 Å². The predicted octanol–water partition coefficient (Wildman–Crippen LogP) is 4.90. The fourth-order valence-corrected chi connectivity index (χ4v) is 3.55. The van der Waals surface area contributed by atoms with Crippen LogP contribution in [0.4, 0.5) is 0 Å². The maximum Gasteiger partial charge on any atom is 0.353 e. The number of halogens is 1. The lowest BCUT2D eigenvalue weighted by Gasteiger charge is -2.19. The summed E-state index contributed by atoms with van der Waals surface area (Å²) in [5.74, 6) is -1.14. The van der Waals surface area contributed by atoms with Crippen LogP contribution in [-0.4, -0.2) is 21.4 Å². The van der Waals surface area contributed by atoms with E-state index in [-0.39, 0.29) is 17.5 Å². The molecule has 5 heteroatoms. The summed E-state index contributed by atoms with van der Waals surface area (Å²) in [5.41, 5.74) is 1.81. The largest absolute Gasteiger partial charge is 0.477 e. The number of rotatable bonds is 3. The van der Waals surface area contributed by atoms with E-state index in [2.05, 4.69) is 0 Å². The van der Waals surface area contributed by atoms with Crippen LogP contribution in [-0.2, 0) is 4.79 Å². The first-order chi connectivity index (χ1) is 12.6. The van der Waals surface area contributed by atoms with Crippen molar-refractivity contribution in [2.24, 2.45) is 0 Å². The normalized spacial score (nSPS) is 14.3. The predicted molar refractivity (Wildman–Crippen MR) is 102 cm³/mol. The summed E-state index contributed by atoms with van der Waals surface area (Å²) >= 11 is 6.19. The highest BCUT2D eigenvalue weighted by Crippen LogP contribution is 2.39. The molecule has 0 unspecified atom stereocenters. The zero-order valence-electron chi connectivity index (χ0n) is 13.6. The lowest BCUT2D eigenvalue weighted by molar-refractivity contribution is -0.110. The Hall–Kier alpha value is -3.11. The van der Waals surface area contributed by atoms with Crippen LogP contribution in [0.25, 0.3) is 22.0 Å². The average molecular weight is 364 g/mol. The minimum absolute atomic E-state index is 0.112. The molecule has 26 heavy (non-hydrogen) atoms. The number of aromatic nitrogens is 1. The van der Waals surface area contributed by atoms with Gasteiger partial charge in [-0.3, -0.25) is 4.79 Å². The van der Waals surface area contributed by atoms with E-state index in [0.717, 1.165) is 16.6 Å². The minimum atomic E-state index is -1.03. The lowest BCUT2D eigenvalue weighted by atomic mass is 10.1. The zero-order chi connectivity index (χ0) is 18.3. The Kier molecular flexibility index (Phi) is 3.98. The SMILES string of the molecule is O=C1C=CC(n2c(C(=O)O)c3ccc(Cl)cc3c2-c2ccccc2)C=C1. The molecule has 1 aliphatic rings. The molecule has 4 nitrogen and oxygen atoms in total. The molecule has 1 aliphatic carbocycles. The van der Waals surface area contributed by atoms with Gasteiger partial charge in [-0.25, -0.2) is 4.79 Å². The third kappa shape index (κ3) is 2.65. The highest BCUT2D eigenvalue weighted by Gasteiger charge is 2.26. The van der Waals surface area contributed by atoms with Crippen molar-refractivity contribution in [3.63, 3.8) is 0 Å². The molecule has 1 N–H and O–H groups in total. The van der Waals surface area contributed by atoms with E-state index in [4.69, 9.17) is 11.6 Å². The van der Waals surface area contributed by atoms with E-state index < -0.39 is 5.97 Å². The van der Waals surface area contributed by atoms with Gasteiger partial charge in [0.2, 0.25) is 0 Å². The highest BCUT2D eigenvalue weighted by molar-refractivity contribution is 6.31. The quantitative estimate of drug-likeness (QED) is 0.720. The third-order valence-corrected chi connectivity index (χ3v) is 4.67. The second-order valence-corrected chi connectivity index (χ2v) is 6.48. The number of nitrogens with zero attached hydrogens (tertiary/aromatic N) is 1. The number of aromatic carboxylic acids is 1. The van der Waals surface area contributed by atoms with Crippen LogP contribution in [0.2, 0.25) is 5.02 Å². The van der Waals surface area contributed by atoms with Crippen LogP contribution in [0.15, 0.2) is 72.8 Å². The number of hydrogen-bond acceptors (Lipinski definition) is 2. The molecule has 0 fully saturated rings. The molecule has 0 aliphatic heterocycles. The summed E-state index contributed by atoms with van der Waals surface area (Å²) in [6, 6.07) is 14.4. The van der Waals surface area contributed by atoms with Crippen molar-refractivity contribution < 1.29 is 14.7 Å². The number of carboxylic acids is 1. The molecular formula is C21H14ClNO3. The van der Waals surface area contributed by atoms with Gasteiger partial charge >= 0.3 is 5.97 Å². The molecule has 0 atom stereocenters. The maximum absolute atomic E-state index is 12.1. The Balaban J connectivity index is 2.12. The molecule has 0 radical (unpaired) electrons. The van der Waals surface area contributed by atoms with Gasteiger partial charge in [-0.1, -0.05) is 60.2 Å². The zero-order valence-corrected chi connectivity index (χ0v) is 14.4. The van der Waals surface area contributed by atoms with Crippen LogP contribution in [0.1, 0.15) is 16.5 Å². The Bertz CT molecular complexity index is 1080.